The quantitative estimate of drug-likeness (QED) is 0.892. The van der Waals surface area contributed by atoms with Crippen LogP contribution in [-0.2, 0) is 18.4 Å². The molecule has 0 unspecified atom stereocenters. The first-order chi connectivity index (χ1) is 10.4. The van der Waals surface area contributed by atoms with Crippen LogP contribution in [-0.4, -0.2) is 15.7 Å². The molecule has 0 aliphatic rings. The number of hydrogen-bond acceptors (Lipinski definition) is 3. The Kier molecular flexibility index (Phi) is 4.98. The molecule has 0 fully saturated rings. The highest BCUT2D eigenvalue weighted by Crippen LogP contribution is 2.21. The lowest BCUT2D eigenvalue weighted by molar-refractivity contribution is -0.114. The number of aryl methyl sites for hydroxylation is 2. The van der Waals surface area contributed by atoms with Crippen LogP contribution < -0.4 is 10.6 Å². The van der Waals surface area contributed by atoms with Gasteiger partial charge in [0.05, 0.1) is 5.69 Å². The van der Waals surface area contributed by atoms with Crippen molar-refractivity contribution in [2.75, 3.05) is 5.32 Å². The van der Waals surface area contributed by atoms with Crippen LogP contribution in [0.4, 0.5) is 5.69 Å². The van der Waals surface area contributed by atoms with E-state index in [1.807, 2.05) is 42.9 Å². The highest BCUT2D eigenvalue weighted by atomic mass is 16.1. The Balaban J connectivity index is 1.99. The van der Waals surface area contributed by atoms with Gasteiger partial charge in [-0.15, -0.1) is 0 Å². The molecule has 22 heavy (non-hydrogen) atoms. The molecule has 1 aromatic carbocycles. The first kappa shape index (κ1) is 16.2. The van der Waals surface area contributed by atoms with Gasteiger partial charge in [-0.05, 0) is 38.5 Å². The minimum absolute atomic E-state index is 0.0537. The lowest BCUT2D eigenvalue weighted by atomic mass is 10.1. The summed E-state index contributed by atoms with van der Waals surface area (Å²) in [6.45, 7) is 8.58. The molecule has 0 radical (unpaired) electrons. The fourth-order valence-electron chi connectivity index (χ4n) is 2.70. The number of hydrogen-bond donors (Lipinski definition) is 2. The van der Waals surface area contributed by atoms with Gasteiger partial charge in [0.2, 0.25) is 5.91 Å². The summed E-state index contributed by atoms with van der Waals surface area (Å²) >= 11 is 0. The van der Waals surface area contributed by atoms with Crippen LogP contribution in [0.3, 0.4) is 0 Å². The minimum atomic E-state index is -0.0537. The molecular weight excluding hydrogens is 276 g/mol. The standard InChI is InChI=1S/C17H24N4O/c1-11(17-12(2)20-21(5)13(17)3)18-10-15-6-8-16(9-7-15)19-14(4)22/h6-9,11,18H,10H2,1-5H3,(H,19,22)/t11-/m1/s1. The van der Waals surface area contributed by atoms with Crippen molar-refractivity contribution < 1.29 is 4.79 Å². The summed E-state index contributed by atoms with van der Waals surface area (Å²) in [7, 11) is 1.97. The van der Waals surface area contributed by atoms with Gasteiger partial charge in [0.25, 0.3) is 0 Å². The van der Waals surface area contributed by atoms with Gasteiger partial charge in [-0.25, -0.2) is 0 Å². The Hall–Kier alpha value is -2.14. The molecule has 5 nitrogen and oxygen atoms in total. The van der Waals surface area contributed by atoms with Crippen molar-refractivity contribution in [2.24, 2.45) is 7.05 Å². The molecule has 118 valence electrons. The van der Waals surface area contributed by atoms with E-state index >= 15 is 0 Å². The number of nitrogens with zero attached hydrogens (tertiary/aromatic N) is 2. The predicted octanol–water partition coefficient (Wildman–Crippen LogP) is 2.85. The molecule has 0 aliphatic heterocycles. The van der Waals surface area contributed by atoms with E-state index in [1.54, 1.807) is 0 Å². The molecule has 5 heteroatoms. The van der Waals surface area contributed by atoms with Crippen LogP contribution in [0.15, 0.2) is 24.3 Å². The zero-order valence-corrected chi connectivity index (χ0v) is 13.9. The number of amides is 1. The second-order valence-corrected chi connectivity index (χ2v) is 5.69. The minimum Gasteiger partial charge on any atom is -0.326 e. The third kappa shape index (κ3) is 3.74. The summed E-state index contributed by atoms with van der Waals surface area (Å²) < 4.78 is 1.92. The number of rotatable bonds is 5. The van der Waals surface area contributed by atoms with Crippen LogP contribution in [0, 0.1) is 13.8 Å². The number of carbonyl (C=O) groups is 1. The Labute approximate surface area is 131 Å². The average molecular weight is 300 g/mol. The highest BCUT2D eigenvalue weighted by molar-refractivity contribution is 5.88. The zero-order valence-electron chi connectivity index (χ0n) is 13.9. The molecule has 1 atom stereocenters. The van der Waals surface area contributed by atoms with Gasteiger partial charge >= 0.3 is 0 Å². The maximum atomic E-state index is 11.0. The van der Waals surface area contributed by atoms with Crippen molar-refractivity contribution in [3.8, 4) is 0 Å². The highest BCUT2D eigenvalue weighted by Gasteiger charge is 2.15. The molecule has 1 aromatic heterocycles. The maximum Gasteiger partial charge on any atom is 0.221 e. The third-order valence-electron chi connectivity index (χ3n) is 3.88. The summed E-state index contributed by atoms with van der Waals surface area (Å²) in [5, 5.41) is 10.8. The van der Waals surface area contributed by atoms with Crippen LogP contribution in [0.5, 0.6) is 0 Å². The first-order valence-corrected chi connectivity index (χ1v) is 7.48. The van der Waals surface area contributed by atoms with Gasteiger partial charge in [-0.2, -0.15) is 5.10 Å². The number of nitrogens with one attached hydrogen (secondary N) is 2. The van der Waals surface area contributed by atoms with Gasteiger partial charge in [-0.1, -0.05) is 12.1 Å². The Morgan fingerprint density at radius 1 is 1.27 bits per heavy atom. The Morgan fingerprint density at radius 3 is 2.41 bits per heavy atom. The zero-order chi connectivity index (χ0) is 16.3. The van der Waals surface area contributed by atoms with Crippen molar-refractivity contribution in [1.29, 1.82) is 0 Å². The van der Waals surface area contributed by atoms with Crippen LogP contribution in [0.25, 0.3) is 0 Å². The molecule has 1 amide bonds. The van der Waals surface area contributed by atoms with Crippen molar-refractivity contribution in [3.63, 3.8) is 0 Å². The first-order valence-electron chi connectivity index (χ1n) is 7.48. The smallest absolute Gasteiger partial charge is 0.221 e. The molecule has 0 spiro atoms. The van der Waals surface area contributed by atoms with Crippen molar-refractivity contribution in [1.82, 2.24) is 15.1 Å². The fraction of sp³-hybridized carbons (Fsp3) is 0.412. The van der Waals surface area contributed by atoms with Crippen LogP contribution >= 0.6 is 0 Å². The molecule has 0 saturated carbocycles. The van der Waals surface area contributed by atoms with Crippen molar-refractivity contribution >= 4 is 11.6 Å². The number of carbonyl (C=O) groups excluding carboxylic acids is 1. The third-order valence-corrected chi connectivity index (χ3v) is 3.88. The average Bonchev–Trinajstić information content (AvgIpc) is 2.70. The van der Waals surface area contributed by atoms with E-state index in [2.05, 4.69) is 29.6 Å². The largest absolute Gasteiger partial charge is 0.326 e. The molecule has 2 rings (SSSR count). The molecule has 2 N–H and O–H groups in total. The number of benzene rings is 1. The van der Waals surface area contributed by atoms with E-state index in [9.17, 15) is 4.79 Å². The van der Waals surface area contributed by atoms with Crippen molar-refractivity contribution in [3.05, 3.63) is 46.8 Å². The van der Waals surface area contributed by atoms with E-state index in [-0.39, 0.29) is 11.9 Å². The summed E-state index contributed by atoms with van der Waals surface area (Å²) in [6.07, 6.45) is 0. The van der Waals surface area contributed by atoms with E-state index in [0.717, 1.165) is 17.9 Å². The monoisotopic (exact) mass is 300 g/mol. The summed E-state index contributed by atoms with van der Waals surface area (Å²) in [4.78, 5) is 11.0. The van der Waals surface area contributed by atoms with Gasteiger partial charge < -0.3 is 10.6 Å². The fourth-order valence-corrected chi connectivity index (χ4v) is 2.70. The number of anilines is 1. The van der Waals surface area contributed by atoms with E-state index in [4.69, 9.17) is 0 Å². The Bertz CT molecular complexity index is 658. The summed E-state index contributed by atoms with van der Waals surface area (Å²) in [5.41, 5.74) is 5.53. The van der Waals surface area contributed by atoms with Gasteiger partial charge in [0, 0.05) is 43.5 Å². The molecule has 0 bridgehead atoms. The molecule has 2 aromatic rings. The second kappa shape index (κ2) is 6.75. The van der Waals surface area contributed by atoms with Gasteiger partial charge in [0.1, 0.15) is 0 Å². The lowest BCUT2D eigenvalue weighted by Crippen LogP contribution is -2.19. The topological polar surface area (TPSA) is 59.0 Å². The van der Waals surface area contributed by atoms with Gasteiger partial charge in [0.15, 0.2) is 0 Å². The maximum absolute atomic E-state index is 11.0. The SMILES string of the molecule is CC(=O)Nc1ccc(CN[C@H](C)c2c(C)nn(C)c2C)cc1. The van der Waals surface area contributed by atoms with Crippen LogP contribution in [0.1, 0.15) is 42.4 Å². The molecule has 0 saturated heterocycles. The van der Waals surface area contributed by atoms with Crippen LogP contribution in [0.2, 0.25) is 0 Å². The lowest BCUT2D eigenvalue weighted by Gasteiger charge is -2.15. The molecular formula is C17H24N4O. The van der Waals surface area contributed by atoms with E-state index in [1.165, 1.54) is 23.7 Å². The van der Waals surface area contributed by atoms with E-state index < -0.39 is 0 Å². The Morgan fingerprint density at radius 2 is 1.91 bits per heavy atom. The number of aromatic nitrogens is 2. The molecule has 1 heterocycles. The predicted molar refractivity (Wildman–Crippen MR) is 88.7 cm³/mol. The van der Waals surface area contributed by atoms with Crippen molar-refractivity contribution in [2.45, 2.75) is 40.3 Å². The summed E-state index contributed by atoms with van der Waals surface area (Å²) in [5.74, 6) is -0.0537. The van der Waals surface area contributed by atoms with E-state index in [0.29, 0.717) is 0 Å². The van der Waals surface area contributed by atoms with Gasteiger partial charge in [-0.3, -0.25) is 9.48 Å². The molecule has 0 aliphatic carbocycles. The second-order valence-electron chi connectivity index (χ2n) is 5.69. The summed E-state index contributed by atoms with van der Waals surface area (Å²) in [6, 6.07) is 8.12. The normalized spacial score (nSPS) is 12.2.